The third-order valence-corrected chi connectivity index (χ3v) is 10.5. The van der Waals surface area contributed by atoms with Gasteiger partial charge in [-0.2, -0.15) is 0 Å². The lowest BCUT2D eigenvalue weighted by Crippen LogP contribution is -2.53. The van der Waals surface area contributed by atoms with Gasteiger partial charge < -0.3 is 19.7 Å². The average Bonchev–Trinajstić information content (AvgIpc) is 3.03. The summed E-state index contributed by atoms with van der Waals surface area (Å²) in [4.78, 5) is 29.0. The van der Waals surface area contributed by atoms with Crippen molar-refractivity contribution in [1.82, 2.24) is 10.2 Å². The zero-order chi connectivity index (χ0) is 32.7. The quantitative estimate of drug-likeness (QED) is 0.239. The number of carbonyl (C=O) groups excluding carboxylic acids is 2. The van der Waals surface area contributed by atoms with Gasteiger partial charge in [-0.25, -0.2) is 8.42 Å². The van der Waals surface area contributed by atoms with Crippen LogP contribution in [0.3, 0.4) is 0 Å². The second kappa shape index (κ2) is 15.2. The van der Waals surface area contributed by atoms with Crippen LogP contribution in [0.4, 0.5) is 5.69 Å². The molecule has 1 aliphatic carbocycles. The molecule has 9 nitrogen and oxygen atoms in total. The molecule has 0 bridgehead atoms. The van der Waals surface area contributed by atoms with Gasteiger partial charge in [0, 0.05) is 34.3 Å². The number of nitrogens with one attached hydrogen (secondary N) is 1. The molecule has 0 radical (unpaired) electrons. The Kier molecular flexibility index (Phi) is 11.6. The molecule has 1 unspecified atom stereocenters. The largest absolute Gasteiger partial charge is 0.493 e. The molecular formula is C33H39Cl2N3O6S. The maximum atomic E-state index is 14.3. The van der Waals surface area contributed by atoms with Gasteiger partial charge in [-0.3, -0.25) is 13.9 Å². The van der Waals surface area contributed by atoms with Crippen molar-refractivity contribution in [3.05, 3.63) is 81.8 Å². The minimum Gasteiger partial charge on any atom is -0.493 e. The summed E-state index contributed by atoms with van der Waals surface area (Å²) in [5.41, 5.74) is 1.64. The highest BCUT2D eigenvalue weighted by Gasteiger charge is 2.34. The van der Waals surface area contributed by atoms with Crippen LogP contribution in [-0.2, 0) is 26.2 Å². The number of sulfonamides is 1. The molecule has 2 amide bonds. The van der Waals surface area contributed by atoms with Crippen LogP contribution < -0.4 is 19.1 Å². The maximum absolute atomic E-state index is 14.3. The van der Waals surface area contributed by atoms with E-state index in [9.17, 15) is 18.0 Å². The van der Waals surface area contributed by atoms with Crippen LogP contribution >= 0.6 is 23.2 Å². The fourth-order valence-corrected chi connectivity index (χ4v) is 7.30. The molecule has 0 saturated heterocycles. The highest BCUT2D eigenvalue weighted by Crippen LogP contribution is 2.33. The standard InChI is InChI=1S/C33H39Cl2N3O6S/c1-22-13-15-25(16-14-22)38(45(41,42)26-17-18-30(43-3)31(19-26)44-4)21-32(39)37(20-27-28(34)11-8-12-29(27)35)23(2)33(40)36-24-9-6-5-7-10-24/h8,11-19,23-24H,5-7,9-10,20-21H2,1-4H3,(H,36,40). The van der Waals surface area contributed by atoms with Crippen LogP contribution in [0.2, 0.25) is 10.0 Å². The number of halogens is 2. The summed E-state index contributed by atoms with van der Waals surface area (Å²) in [7, 11) is -1.45. The first-order chi connectivity index (χ1) is 21.5. The number of amides is 2. The smallest absolute Gasteiger partial charge is 0.264 e. The zero-order valence-electron chi connectivity index (χ0n) is 25.9. The summed E-state index contributed by atoms with van der Waals surface area (Å²) >= 11 is 13.0. The van der Waals surface area contributed by atoms with E-state index in [1.165, 1.54) is 37.3 Å². The number of carbonyl (C=O) groups is 2. The number of methoxy groups -OCH3 is 2. The first-order valence-electron chi connectivity index (χ1n) is 14.8. The van der Waals surface area contributed by atoms with E-state index >= 15 is 0 Å². The van der Waals surface area contributed by atoms with Gasteiger partial charge in [0.15, 0.2) is 11.5 Å². The third kappa shape index (κ3) is 8.23. The topological polar surface area (TPSA) is 105 Å². The number of benzene rings is 3. The summed E-state index contributed by atoms with van der Waals surface area (Å²) in [5, 5.41) is 3.74. The molecule has 0 spiro atoms. The minimum absolute atomic E-state index is 0.0176. The SMILES string of the molecule is COc1ccc(S(=O)(=O)N(CC(=O)N(Cc2c(Cl)cccc2Cl)C(C)C(=O)NC2CCCCC2)c2ccc(C)cc2)cc1OC. The van der Waals surface area contributed by atoms with Crippen LogP contribution in [0.1, 0.15) is 50.2 Å². The van der Waals surface area contributed by atoms with E-state index in [0.29, 0.717) is 21.4 Å². The van der Waals surface area contributed by atoms with Gasteiger partial charge in [0.1, 0.15) is 12.6 Å². The lowest BCUT2D eigenvalue weighted by molar-refractivity contribution is -0.139. The van der Waals surface area contributed by atoms with E-state index in [1.807, 2.05) is 6.92 Å². The van der Waals surface area contributed by atoms with Gasteiger partial charge in [0.25, 0.3) is 10.0 Å². The summed E-state index contributed by atoms with van der Waals surface area (Å²) in [6.45, 7) is 2.81. The van der Waals surface area contributed by atoms with Crippen molar-refractivity contribution in [2.24, 2.45) is 0 Å². The molecule has 1 saturated carbocycles. The third-order valence-electron chi connectivity index (χ3n) is 8.05. The average molecular weight is 677 g/mol. The molecule has 3 aromatic carbocycles. The molecule has 1 N–H and O–H groups in total. The van der Waals surface area contributed by atoms with E-state index in [2.05, 4.69) is 5.32 Å². The molecule has 12 heteroatoms. The molecule has 1 atom stereocenters. The predicted octanol–water partition coefficient (Wildman–Crippen LogP) is 6.38. The van der Waals surface area contributed by atoms with Crippen LogP contribution in [0.5, 0.6) is 11.5 Å². The Balaban J connectivity index is 1.73. The highest BCUT2D eigenvalue weighted by molar-refractivity contribution is 7.92. The van der Waals surface area contributed by atoms with Crippen molar-refractivity contribution < 1.29 is 27.5 Å². The van der Waals surface area contributed by atoms with Crippen molar-refractivity contribution in [3.63, 3.8) is 0 Å². The Morgan fingerprint density at radius 2 is 1.56 bits per heavy atom. The Hall–Kier alpha value is -3.47. The van der Waals surface area contributed by atoms with Gasteiger partial charge in [-0.15, -0.1) is 0 Å². The predicted molar refractivity (Wildman–Crippen MR) is 177 cm³/mol. The van der Waals surface area contributed by atoms with Crippen molar-refractivity contribution >= 4 is 50.7 Å². The number of nitrogens with zero attached hydrogens (tertiary/aromatic N) is 2. The number of anilines is 1. The fourth-order valence-electron chi connectivity index (χ4n) is 5.35. The van der Waals surface area contributed by atoms with E-state index < -0.39 is 28.5 Å². The molecule has 0 aliphatic heterocycles. The molecule has 4 rings (SSSR count). The molecule has 3 aromatic rings. The van der Waals surface area contributed by atoms with Gasteiger partial charge in [0.05, 0.1) is 24.8 Å². The van der Waals surface area contributed by atoms with Crippen molar-refractivity contribution in [2.75, 3.05) is 25.1 Å². The number of ether oxygens (including phenoxy) is 2. The zero-order valence-corrected chi connectivity index (χ0v) is 28.2. The van der Waals surface area contributed by atoms with E-state index in [1.54, 1.807) is 49.4 Å². The van der Waals surface area contributed by atoms with Crippen LogP contribution in [0.15, 0.2) is 65.6 Å². The molecule has 0 aromatic heterocycles. The molecule has 1 fully saturated rings. The van der Waals surface area contributed by atoms with Crippen LogP contribution in [0, 0.1) is 6.92 Å². The van der Waals surface area contributed by atoms with Gasteiger partial charge in [-0.05, 0) is 63.1 Å². The number of aryl methyl sites for hydroxylation is 1. The van der Waals surface area contributed by atoms with Crippen molar-refractivity contribution in [3.8, 4) is 11.5 Å². The Morgan fingerprint density at radius 3 is 2.16 bits per heavy atom. The molecule has 45 heavy (non-hydrogen) atoms. The number of hydrogen-bond acceptors (Lipinski definition) is 6. The normalized spacial score (nSPS) is 14.4. The van der Waals surface area contributed by atoms with E-state index in [0.717, 1.165) is 42.0 Å². The second-order valence-corrected chi connectivity index (χ2v) is 13.8. The number of rotatable bonds is 12. The van der Waals surface area contributed by atoms with Crippen molar-refractivity contribution in [1.29, 1.82) is 0 Å². The lowest BCUT2D eigenvalue weighted by atomic mass is 9.95. The second-order valence-electron chi connectivity index (χ2n) is 11.1. The van der Waals surface area contributed by atoms with Crippen LogP contribution in [0.25, 0.3) is 0 Å². The lowest BCUT2D eigenvalue weighted by Gasteiger charge is -2.33. The molecule has 1 aliphatic rings. The summed E-state index contributed by atoms with van der Waals surface area (Å²) < 4.78 is 40.1. The minimum atomic E-state index is -4.31. The van der Waals surface area contributed by atoms with E-state index in [-0.39, 0.29) is 34.8 Å². The summed E-state index contributed by atoms with van der Waals surface area (Å²) in [6, 6.07) is 15.1. The van der Waals surface area contributed by atoms with Crippen molar-refractivity contribution in [2.45, 2.75) is 69.5 Å². The van der Waals surface area contributed by atoms with Crippen LogP contribution in [-0.4, -0.2) is 58.0 Å². The first kappa shape index (κ1) is 34.4. The first-order valence-corrected chi connectivity index (χ1v) is 17.0. The molecular weight excluding hydrogens is 637 g/mol. The summed E-state index contributed by atoms with van der Waals surface area (Å²) in [6.07, 6.45) is 4.91. The summed E-state index contributed by atoms with van der Waals surface area (Å²) in [5.74, 6) is -0.364. The Labute approximate surface area is 275 Å². The van der Waals surface area contributed by atoms with Gasteiger partial charge in [-0.1, -0.05) is 66.2 Å². The van der Waals surface area contributed by atoms with E-state index in [4.69, 9.17) is 32.7 Å². The molecule has 242 valence electrons. The monoisotopic (exact) mass is 675 g/mol. The Bertz CT molecular complexity index is 1590. The highest BCUT2D eigenvalue weighted by atomic mass is 35.5. The van der Waals surface area contributed by atoms with Gasteiger partial charge >= 0.3 is 0 Å². The van der Waals surface area contributed by atoms with Gasteiger partial charge in [0.2, 0.25) is 11.8 Å². The maximum Gasteiger partial charge on any atom is 0.264 e. The Morgan fingerprint density at radius 1 is 0.933 bits per heavy atom. The fraction of sp³-hybridized carbons (Fsp3) is 0.394. The number of hydrogen-bond donors (Lipinski definition) is 1. The molecule has 0 heterocycles.